The molecule has 3 nitrogen and oxygen atoms in total. The van der Waals surface area contributed by atoms with E-state index >= 15 is 0 Å². The highest BCUT2D eigenvalue weighted by atomic mass is 32.1. The van der Waals surface area contributed by atoms with Crippen LogP contribution in [0.3, 0.4) is 0 Å². The molecule has 1 N–H and O–H groups in total. The van der Waals surface area contributed by atoms with E-state index in [-0.39, 0.29) is 0 Å². The zero-order chi connectivity index (χ0) is 12.5. The molecule has 94 valence electrons. The molecule has 17 heavy (non-hydrogen) atoms. The second-order valence-corrected chi connectivity index (χ2v) is 4.07. The molecule has 0 saturated carbocycles. The average Bonchev–Trinajstić information content (AvgIpc) is 2.35. The molecule has 0 fully saturated rings. The van der Waals surface area contributed by atoms with Gasteiger partial charge in [0.15, 0.2) is 0 Å². The Morgan fingerprint density at radius 1 is 1.29 bits per heavy atom. The van der Waals surface area contributed by atoms with Crippen LogP contribution in [-0.2, 0) is 0 Å². The fraction of sp³-hybridized carbons (Fsp3) is 0.462. The lowest BCUT2D eigenvalue weighted by atomic mass is 10.2. The molecule has 0 spiro atoms. The van der Waals surface area contributed by atoms with Crippen molar-refractivity contribution in [2.75, 3.05) is 13.7 Å². The summed E-state index contributed by atoms with van der Waals surface area (Å²) in [6.07, 6.45) is 3.51. The number of methoxy groups -OCH3 is 1. The summed E-state index contributed by atoms with van der Waals surface area (Å²) in [5.74, 6) is 1.45. The summed E-state index contributed by atoms with van der Waals surface area (Å²) in [5, 5.41) is 3.48. The number of ether oxygens (including phenoxy) is 2. The Morgan fingerprint density at radius 3 is 2.76 bits per heavy atom. The number of hydrogen-bond donors (Lipinski definition) is 1. The van der Waals surface area contributed by atoms with Crippen LogP contribution in [0.25, 0.3) is 0 Å². The third-order valence-corrected chi connectivity index (χ3v) is 2.53. The molecule has 0 atom stereocenters. The number of rotatable bonds is 6. The number of hydrogen-bond acceptors (Lipinski definition) is 3. The van der Waals surface area contributed by atoms with Gasteiger partial charge in [-0.25, -0.2) is 0 Å². The van der Waals surface area contributed by atoms with Crippen molar-refractivity contribution in [1.29, 1.82) is 0 Å². The summed E-state index contributed by atoms with van der Waals surface area (Å²) < 4.78 is 10.6. The second-order valence-electron chi connectivity index (χ2n) is 3.70. The summed E-state index contributed by atoms with van der Waals surface area (Å²) in [6, 6.07) is 7.39. The normalized spacial score (nSPS) is 9.76. The van der Waals surface area contributed by atoms with E-state index in [9.17, 15) is 0 Å². The van der Waals surface area contributed by atoms with Crippen LogP contribution in [0.2, 0.25) is 0 Å². The molecular formula is C13H19NO2S. The zero-order valence-corrected chi connectivity index (χ0v) is 11.2. The van der Waals surface area contributed by atoms with E-state index in [2.05, 4.69) is 12.2 Å². The molecule has 4 heteroatoms. The molecular weight excluding hydrogens is 234 g/mol. The topological polar surface area (TPSA) is 30.5 Å². The molecule has 1 rings (SSSR count). The zero-order valence-electron chi connectivity index (χ0n) is 10.4. The second kappa shape index (κ2) is 7.90. The number of thiocarbonyl (C=S) groups is 1. The van der Waals surface area contributed by atoms with Crippen LogP contribution in [0, 0.1) is 0 Å². The molecule has 1 aromatic rings. The molecule has 0 radical (unpaired) electrons. The van der Waals surface area contributed by atoms with Gasteiger partial charge in [-0.15, -0.1) is 0 Å². The van der Waals surface area contributed by atoms with E-state index in [1.807, 2.05) is 18.2 Å². The van der Waals surface area contributed by atoms with Crippen LogP contribution in [0.4, 0.5) is 0 Å². The first kappa shape index (κ1) is 13.8. The maximum atomic E-state index is 5.48. The number of benzene rings is 1. The van der Waals surface area contributed by atoms with Gasteiger partial charge in [0.25, 0.3) is 5.17 Å². The van der Waals surface area contributed by atoms with Crippen molar-refractivity contribution in [3.63, 3.8) is 0 Å². The van der Waals surface area contributed by atoms with E-state index in [0.717, 1.165) is 18.7 Å². The molecule has 0 saturated heterocycles. The van der Waals surface area contributed by atoms with Crippen molar-refractivity contribution in [2.45, 2.75) is 26.2 Å². The monoisotopic (exact) mass is 253 g/mol. The Kier molecular flexibility index (Phi) is 6.40. The van der Waals surface area contributed by atoms with Gasteiger partial charge in [0, 0.05) is 12.6 Å². The lowest BCUT2D eigenvalue weighted by Gasteiger charge is -2.09. The summed E-state index contributed by atoms with van der Waals surface area (Å²) in [4.78, 5) is 0. The summed E-state index contributed by atoms with van der Waals surface area (Å²) in [7, 11) is 1.63. The molecule has 0 aliphatic carbocycles. The Balaban J connectivity index is 2.34. The highest BCUT2D eigenvalue weighted by Gasteiger charge is 2.00. The van der Waals surface area contributed by atoms with Crippen molar-refractivity contribution < 1.29 is 9.47 Å². The standard InChI is InChI=1S/C13H19NO2S/c1-3-4-5-9-14-13(17)16-12-8-6-7-11(10-12)15-2/h6-8,10H,3-5,9H2,1-2H3,(H,14,17). The molecule has 0 aromatic heterocycles. The summed E-state index contributed by atoms with van der Waals surface area (Å²) >= 11 is 5.09. The fourth-order valence-corrected chi connectivity index (χ4v) is 1.57. The molecule has 0 bridgehead atoms. The Labute approximate surface area is 108 Å². The first-order valence-corrected chi connectivity index (χ1v) is 6.27. The van der Waals surface area contributed by atoms with Crippen LogP contribution in [-0.4, -0.2) is 18.8 Å². The third kappa shape index (κ3) is 5.54. The quantitative estimate of drug-likeness (QED) is 0.623. The van der Waals surface area contributed by atoms with Gasteiger partial charge in [0.1, 0.15) is 11.5 Å². The Hall–Kier alpha value is -1.29. The van der Waals surface area contributed by atoms with E-state index < -0.39 is 0 Å². The molecule has 0 aliphatic rings. The lowest BCUT2D eigenvalue weighted by molar-refractivity contribution is 0.411. The van der Waals surface area contributed by atoms with Gasteiger partial charge in [-0.05, 0) is 30.8 Å². The van der Waals surface area contributed by atoms with Crippen LogP contribution >= 0.6 is 12.2 Å². The maximum Gasteiger partial charge on any atom is 0.262 e. The van der Waals surface area contributed by atoms with E-state index in [0.29, 0.717) is 10.9 Å². The fourth-order valence-electron chi connectivity index (χ4n) is 1.37. The van der Waals surface area contributed by atoms with Crippen LogP contribution < -0.4 is 14.8 Å². The predicted molar refractivity (Wildman–Crippen MR) is 73.7 cm³/mol. The molecule has 0 amide bonds. The van der Waals surface area contributed by atoms with Crippen molar-refractivity contribution >= 4 is 17.4 Å². The maximum absolute atomic E-state index is 5.48. The summed E-state index contributed by atoms with van der Waals surface area (Å²) in [5.41, 5.74) is 0. The summed E-state index contributed by atoms with van der Waals surface area (Å²) in [6.45, 7) is 3.03. The molecule has 0 heterocycles. The molecule has 0 aliphatic heterocycles. The Bertz CT molecular complexity index is 355. The third-order valence-electron chi connectivity index (χ3n) is 2.30. The Morgan fingerprint density at radius 2 is 2.06 bits per heavy atom. The van der Waals surface area contributed by atoms with Crippen molar-refractivity contribution in [2.24, 2.45) is 0 Å². The van der Waals surface area contributed by atoms with Crippen molar-refractivity contribution in [1.82, 2.24) is 5.32 Å². The van der Waals surface area contributed by atoms with E-state index in [1.165, 1.54) is 12.8 Å². The van der Waals surface area contributed by atoms with Gasteiger partial charge in [0.2, 0.25) is 0 Å². The first-order chi connectivity index (χ1) is 8.26. The minimum absolute atomic E-state index is 0.411. The highest BCUT2D eigenvalue weighted by Crippen LogP contribution is 2.18. The number of nitrogens with one attached hydrogen (secondary N) is 1. The molecule has 0 unspecified atom stereocenters. The lowest BCUT2D eigenvalue weighted by Crippen LogP contribution is -2.27. The average molecular weight is 253 g/mol. The predicted octanol–water partition coefficient (Wildman–Crippen LogP) is 3.14. The highest BCUT2D eigenvalue weighted by molar-refractivity contribution is 7.80. The van der Waals surface area contributed by atoms with Crippen molar-refractivity contribution in [3.8, 4) is 11.5 Å². The van der Waals surface area contributed by atoms with Gasteiger partial charge in [0.05, 0.1) is 7.11 Å². The van der Waals surface area contributed by atoms with Gasteiger partial charge in [-0.3, -0.25) is 0 Å². The minimum Gasteiger partial charge on any atom is -0.497 e. The SMILES string of the molecule is CCCCCNC(=S)Oc1cccc(OC)c1. The van der Waals surface area contributed by atoms with Gasteiger partial charge in [-0.2, -0.15) is 0 Å². The molecule has 1 aromatic carbocycles. The van der Waals surface area contributed by atoms with E-state index in [4.69, 9.17) is 21.7 Å². The van der Waals surface area contributed by atoms with Crippen LogP contribution in [0.15, 0.2) is 24.3 Å². The van der Waals surface area contributed by atoms with Gasteiger partial charge in [-0.1, -0.05) is 25.8 Å². The van der Waals surface area contributed by atoms with E-state index in [1.54, 1.807) is 13.2 Å². The minimum atomic E-state index is 0.411. The van der Waals surface area contributed by atoms with Gasteiger partial charge < -0.3 is 14.8 Å². The number of unbranched alkanes of at least 4 members (excludes halogenated alkanes) is 2. The van der Waals surface area contributed by atoms with Gasteiger partial charge >= 0.3 is 0 Å². The van der Waals surface area contributed by atoms with Crippen LogP contribution in [0.5, 0.6) is 11.5 Å². The smallest absolute Gasteiger partial charge is 0.262 e. The largest absolute Gasteiger partial charge is 0.497 e. The van der Waals surface area contributed by atoms with Crippen molar-refractivity contribution in [3.05, 3.63) is 24.3 Å². The van der Waals surface area contributed by atoms with Crippen LogP contribution in [0.1, 0.15) is 26.2 Å². The first-order valence-electron chi connectivity index (χ1n) is 5.86.